The molecular formula is C14H20N2. The number of hydrogen-bond acceptors (Lipinski definition) is 1. The zero-order chi connectivity index (χ0) is 11.9. The lowest BCUT2D eigenvalue weighted by atomic mass is 9.92. The second kappa shape index (κ2) is 3.63. The molecule has 16 heavy (non-hydrogen) atoms. The van der Waals surface area contributed by atoms with Crippen LogP contribution in [0.3, 0.4) is 0 Å². The van der Waals surface area contributed by atoms with Crippen molar-refractivity contribution in [1.29, 1.82) is 0 Å². The Morgan fingerprint density at radius 2 is 1.81 bits per heavy atom. The van der Waals surface area contributed by atoms with Gasteiger partial charge < -0.3 is 9.88 Å². The minimum atomic E-state index is 0.00491. The van der Waals surface area contributed by atoms with Crippen molar-refractivity contribution in [2.24, 2.45) is 7.05 Å². The van der Waals surface area contributed by atoms with Gasteiger partial charge in [0.1, 0.15) is 0 Å². The van der Waals surface area contributed by atoms with Gasteiger partial charge in [0, 0.05) is 34.7 Å². The zero-order valence-electron chi connectivity index (χ0n) is 10.8. The molecule has 0 spiro atoms. The number of para-hydroxylation sites is 1. The zero-order valence-corrected chi connectivity index (χ0v) is 10.8. The number of aryl methyl sites for hydroxylation is 1. The molecule has 0 atom stereocenters. The molecule has 0 aliphatic rings. The molecule has 1 N–H and O–H groups in total. The largest absolute Gasteiger partial charge is 0.348 e. The number of rotatable bonds is 2. The summed E-state index contributed by atoms with van der Waals surface area (Å²) in [4.78, 5) is 0. The second-order valence-electron chi connectivity index (χ2n) is 4.91. The monoisotopic (exact) mass is 216 g/mol. The minimum Gasteiger partial charge on any atom is -0.348 e. The van der Waals surface area contributed by atoms with Crippen LogP contribution in [0.15, 0.2) is 24.3 Å². The smallest absolute Gasteiger partial charge is 0.0483 e. The third-order valence-electron chi connectivity index (χ3n) is 3.65. The summed E-state index contributed by atoms with van der Waals surface area (Å²) in [6, 6.07) is 8.59. The highest BCUT2D eigenvalue weighted by atomic mass is 15.0. The van der Waals surface area contributed by atoms with E-state index in [0.29, 0.717) is 0 Å². The lowest BCUT2D eigenvalue weighted by Crippen LogP contribution is -2.33. The summed E-state index contributed by atoms with van der Waals surface area (Å²) in [7, 11) is 4.15. The first-order chi connectivity index (χ1) is 7.49. The van der Waals surface area contributed by atoms with E-state index < -0.39 is 0 Å². The van der Waals surface area contributed by atoms with Gasteiger partial charge in [0.2, 0.25) is 0 Å². The summed E-state index contributed by atoms with van der Waals surface area (Å²) in [5, 5.41) is 4.74. The Balaban J connectivity index is 2.84. The molecule has 0 amide bonds. The molecule has 0 unspecified atom stereocenters. The Hall–Kier alpha value is -1.28. The Kier molecular flexibility index (Phi) is 2.55. The van der Waals surface area contributed by atoms with Crippen molar-refractivity contribution in [2.45, 2.75) is 26.3 Å². The van der Waals surface area contributed by atoms with E-state index >= 15 is 0 Å². The Morgan fingerprint density at radius 1 is 1.19 bits per heavy atom. The van der Waals surface area contributed by atoms with Gasteiger partial charge in [-0.25, -0.2) is 0 Å². The van der Waals surface area contributed by atoms with E-state index in [2.05, 4.69) is 62.0 Å². The van der Waals surface area contributed by atoms with Gasteiger partial charge in [-0.05, 0) is 33.9 Å². The Bertz CT molecular complexity index is 521. The van der Waals surface area contributed by atoms with Crippen molar-refractivity contribution in [3.05, 3.63) is 35.5 Å². The second-order valence-corrected chi connectivity index (χ2v) is 4.91. The maximum Gasteiger partial charge on any atom is 0.0483 e. The van der Waals surface area contributed by atoms with Gasteiger partial charge in [0.05, 0.1) is 0 Å². The predicted molar refractivity (Wildman–Crippen MR) is 69.7 cm³/mol. The minimum absolute atomic E-state index is 0.00491. The first-order valence-electron chi connectivity index (χ1n) is 5.72. The van der Waals surface area contributed by atoms with E-state index in [4.69, 9.17) is 0 Å². The van der Waals surface area contributed by atoms with Crippen molar-refractivity contribution in [1.82, 2.24) is 9.88 Å². The standard InChI is InChI=1S/C14H20N2/c1-10-13(14(2,3)15-4)11-8-6-7-9-12(11)16(10)5/h6-9,15H,1-5H3. The van der Waals surface area contributed by atoms with E-state index in [0.717, 1.165) is 0 Å². The third-order valence-corrected chi connectivity index (χ3v) is 3.65. The normalized spacial score (nSPS) is 12.3. The third kappa shape index (κ3) is 1.45. The lowest BCUT2D eigenvalue weighted by Gasteiger charge is -2.25. The molecule has 0 saturated heterocycles. The van der Waals surface area contributed by atoms with Gasteiger partial charge >= 0.3 is 0 Å². The topological polar surface area (TPSA) is 17.0 Å². The highest BCUT2D eigenvalue weighted by Gasteiger charge is 2.25. The highest BCUT2D eigenvalue weighted by molar-refractivity contribution is 5.86. The van der Waals surface area contributed by atoms with Gasteiger partial charge in [-0.3, -0.25) is 0 Å². The number of nitrogens with one attached hydrogen (secondary N) is 1. The van der Waals surface area contributed by atoms with Crippen LogP contribution in [0, 0.1) is 6.92 Å². The fourth-order valence-corrected chi connectivity index (χ4v) is 2.43. The maximum absolute atomic E-state index is 3.39. The first-order valence-corrected chi connectivity index (χ1v) is 5.72. The summed E-state index contributed by atoms with van der Waals surface area (Å²) < 4.78 is 2.27. The Labute approximate surface area is 97.3 Å². The predicted octanol–water partition coefficient (Wildman–Crippen LogP) is 2.94. The van der Waals surface area contributed by atoms with E-state index in [1.54, 1.807) is 0 Å². The van der Waals surface area contributed by atoms with Crippen molar-refractivity contribution < 1.29 is 0 Å². The average molecular weight is 216 g/mol. The molecule has 0 aliphatic heterocycles. The van der Waals surface area contributed by atoms with Crippen LogP contribution in [0.4, 0.5) is 0 Å². The maximum atomic E-state index is 3.39. The van der Waals surface area contributed by atoms with Crippen LogP contribution in [0.2, 0.25) is 0 Å². The average Bonchev–Trinajstić information content (AvgIpc) is 2.53. The molecule has 1 heterocycles. The molecule has 0 saturated carbocycles. The number of benzene rings is 1. The molecule has 0 aliphatic carbocycles. The number of fused-ring (bicyclic) bond motifs is 1. The first kappa shape index (κ1) is 11.2. The van der Waals surface area contributed by atoms with Crippen LogP contribution in [-0.2, 0) is 12.6 Å². The lowest BCUT2D eigenvalue weighted by molar-refractivity contribution is 0.444. The van der Waals surface area contributed by atoms with Crippen LogP contribution in [0.25, 0.3) is 10.9 Å². The van der Waals surface area contributed by atoms with Gasteiger partial charge in [-0.1, -0.05) is 18.2 Å². The summed E-state index contributed by atoms with van der Waals surface area (Å²) >= 11 is 0. The van der Waals surface area contributed by atoms with Gasteiger partial charge in [-0.2, -0.15) is 0 Å². The van der Waals surface area contributed by atoms with Crippen LogP contribution in [0.5, 0.6) is 0 Å². The van der Waals surface area contributed by atoms with Gasteiger partial charge in [-0.15, -0.1) is 0 Å². The van der Waals surface area contributed by atoms with Crippen LogP contribution < -0.4 is 5.32 Å². The number of hydrogen-bond donors (Lipinski definition) is 1. The van der Waals surface area contributed by atoms with E-state index in [1.807, 2.05) is 7.05 Å². The molecule has 1 aromatic carbocycles. The number of nitrogens with zero attached hydrogens (tertiary/aromatic N) is 1. The van der Waals surface area contributed by atoms with Crippen molar-refractivity contribution in [2.75, 3.05) is 7.05 Å². The summed E-state index contributed by atoms with van der Waals surface area (Å²) in [5.41, 5.74) is 4.04. The van der Waals surface area contributed by atoms with Crippen molar-refractivity contribution >= 4 is 10.9 Å². The summed E-state index contributed by atoms with van der Waals surface area (Å²) in [5.74, 6) is 0. The molecule has 0 radical (unpaired) electrons. The fraction of sp³-hybridized carbons (Fsp3) is 0.429. The Morgan fingerprint density at radius 3 is 2.44 bits per heavy atom. The highest BCUT2D eigenvalue weighted by Crippen LogP contribution is 2.32. The molecule has 2 nitrogen and oxygen atoms in total. The SMILES string of the molecule is CNC(C)(C)c1c(C)n(C)c2ccccc12. The van der Waals surface area contributed by atoms with Crippen LogP contribution in [-0.4, -0.2) is 11.6 Å². The van der Waals surface area contributed by atoms with Crippen molar-refractivity contribution in [3.63, 3.8) is 0 Å². The van der Waals surface area contributed by atoms with E-state index in [9.17, 15) is 0 Å². The molecule has 86 valence electrons. The molecule has 1 aromatic heterocycles. The van der Waals surface area contributed by atoms with Gasteiger partial charge in [0.25, 0.3) is 0 Å². The summed E-state index contributed by atoms with van der Waals surface area (Å²) in [6.45, 7) is 6.64. The van der Waals surface area contributed by atoms with E-state index in [-0.39, 0.29) is 5.54 Å². The molecule has 2 rings (SSSR count). The van der Waals surface area contributed by atoms with Crippen molar-refractivity contribution in [3.8, 4) is 0 Å². The van der Waals surface area contributed by atoms with Crippen LogP contribution in [0.1, 0.15) is 25.1 Å². The van der Waals surface area contributed by atoms with Crippen LogP contribution >= 0.6 is 0 Å². The molecular weight excluding hydrogens is 196 g/mol. The summed E-state index contributed by atoms with van der Waals surface area (Å²) in [6.07, 6.45) is 0. The van der Waals surface area contributed by atoms with E-state index in [1.165, 1.54) is 22.2 Å². The van der Waals surface area contributed by atoms with Gasteiger partial charge in [0.15, 0.2) is 0 Å². The molecule has 2 heteroatoms. The quantitative estimate of drug-likeness (QED) is 0.816. The molecule has 0 fully saturated rings. The molecule has 2 aromatic rings. The fourth-order valence-electron chi connectivity index (χ4n) is 2.43. The molecule has 0 bridgehead atoms. The number of aromatic nitrogens is 1.